The van der Waals surface area contributed by atoms with Gasteiger partial charge in [0.05, 0.1) is 7.11 Å². The molecule has 0 radical (unpaired) electrons. The monoisotopic (exact) mass is 354 g/mol. The van der Waals surface area contributed by atoms with Crippen LogP contribution in [0.1, 0.15) is 41.5 Å². The Labute approximate surface area is 154 Å². The summed E-state index contributed by atoms with van der Waals surface area (Å²) >= 11 is 0. The SMILES string of the molecule is COc1ccccc1CNC(=O)c1cc(C)nc(N2CCC(C)CC2)n1. The summed E-state index contributed by atoms with van der Waals surface area (Å²) in [6.07, 6.45) is 2.26. The molecule has 0 aliphatic carbocycles. The third-order valence-corrected chi connectivity index (χ3v) is 4.77. The van der Waals surface area contributed by atoms with Gasteiger partial charge in [0.1, 0.15) is 11.4 Å². The fraction of sp³-hybridized carbons (Fsp3) is 0.450. The standard InChI is InChI=1S/C20H26N4O2/c1-14-8-10-24(11-9-14)20-22-15(2)12-17(23-20)19(25)21-13-16-6-4-5-7-18(16)26-3/h4-7,12,14H,8-11,13H2,1-3H3,(H,21,25). The van der Waals surface area contributed by atoms with Crippen molar-refractivity contribution in [2.75, 3.05) is 25.1 Å². The molecule has 6 heteroatoms. The Bertz CT molecular complexity index is 770. The number of aryl methyl sites for hydroxylation is 1. The van der Waals surface area contributed by atoms with Gasteiger partial charge in [0.25, 0.3) is 5.91 Å². The van der Waals surface area contributed by atoms with Gasteiger partial charge >= 0.3 is 0 Å². The Morgan fingerprint density at radius 2 is 2.00 bits per heavy atom. The topological polar surface area (TPSA) is 67.3 Å². The number of hydrogen-bond acceptors (Lipinski definition) is 5. The van der Waals surface area contributed by atoms with Crippen LogP contribution in [0.2, 0.25) is 0 Å². The molecule has 1 aromatic carbocycles. The number of carbonyl (C=O) groups excluding carboxylic acids is 1. The molecule has 138 valence electrons. The van der Waals surface area contributed by atoms with E-state index in [9.17, 15) is 4.79 Å². The molecule has 26 heavy (non-hydrogen) atoms. The van der Waals surface area contributed by atoms with Crippen LogP contribution in [0.5, 0.6) is 5.75 Å². The van der Waals surface area contributed by atoms with E-state index in [1.807, 2.05) is 31.2 Å². The molecule has 0 saturated carbocycles. The van der Waals surface area contributed by atoms with Crippen molar-refractivity contribution < 1.29 is 9.53 Å². The van der Waals surface area contributed by atoms with Crippen molar-refractivity contribution in [3.8, 4) is 5.75 Å². The van der Waals surface area contributed by atoms with Crippen LogP contribution >= 0.6 is 0 Å². The minimum Gasteiger partial charge on any atom is -0.496 e. The molecule has 1 amide bonds. The summed E-state index contributed by atoms with van der Waals surface area (Å²) in [5.41, 5.74) is 2.14. The van der Waals surface area contributed by atoms with Crippen LogP contribution < -0.4 is 15.0 Å². The highest BCUT2D eigenvalue weighted by Gasteiger charge is 2.20. The molecule has 0 bridgehead atoms. The van der Waals surface area contributed by atoms with E-state index in [0.29, 0.717) is 18.2 Å². The summed E-state index contributed by atoms with van der Waals surface area (Å²) < 4.78 is 5.33. The number of para-hydroxylation sites is 1. The first-order valence-corrected chi connectivity index (χ1v) is 9.07. The lowest BCUT2D eigenvalue weighted by Crippen LogP contribution is -2.35. The highest BCUT2D eigenvalue weighted by atomic mass is 16.5. The minimum atomic E-state index is -0.201. The second kappa shape index (κ2) is 8.17. The van der Waals surface area contributed by atoms with Crippen molar-refractivity contribution in [2.24, 2.45) is 5.92 Å². The van der Waals surface area contributed by atoms with Crippen LogP contribution in [0.15, 0.2) is 30.3 Å². The van der Waals surface area contributed by atoms with Gasteiger partial charge in [-0.25, -0.2) is 9.97 Å². The van der Waals surface area contributed by atoms with Crippen LogP contribution in [0, 0.1) is 12.8 Å². The lowest BCUT2D eigenvalue weighted by atomic mass is 10.00. The van der Waals surface area contributed by atoms with E-state index < -0.39 is 0 Å². The molecule has 3 rings (SSSR count). The number of rotatable bonds is 5. The number of methoxy groups -OCH3 is 1. The Kier molecular flexibility index (Phi) is 5.71. The highest BCUT2D eigenvalue weighted by molar-refractivity contribution is 5.92. The maximum atomic E-state index is 12.6. The van der Waals surface area contributed by atoms with E-state index in [1.54, 1.807) is 13.2 Å². The van der Waals surface area contributed by atoms with Crippen LogP contribution in [0.3, 0.4) is 0 Å². The van der Waals surface area contributed by atoms with E-state index in [4.69, 9.17) is 4.74 Å². The number of benzene rings is 1. The summed E-state index contributed by atoms with van der Waals surface area (Å²) in [4.78, 5) is 23.8. The maximum absolute atomic E-state index is 12.6. The van der Waals surface area contributed by atoms with Crippen LogP contribution in [-0.4, -0.2) is 36.1 Å². The Balaban J connectivity index is 1.71. The van der Waals surface area contributed by atoms with Gasteiger partial charge < -0.3 is 15.0 Å². The Hall–Kier alpha value is -2.63. The average Bonchev–Trinajstić information content (AvgIpc) is 2.66. The van der Waals surface area contributed by atoms with Crippen molar-refractivity contribution in [1.29, 1.82) is 0 Å². The first kappa shape index (κ1) is 18.2. The first-order valence-electron chi connectivity index (χ1n) is 9.07. The molecule has 0 spiro atoms. The predicted molar refractivity (Wildman–Crippen MR) is 102 cm³/mol. The largest absolute Gasteiger partial charge is 0.496 e. The molecule has 1 aliphatic heterocycles. The van der Waals surface area contributed by atoms with Crippen molar-refractivity contribution in [3.63, 3.8) is 0 Å². The predicted octanol–water partition coefficient (Wildman–Crippen LogP) is 2.96. The van der Waals surface area contributed by atoms with E-state index in [2.05, 4.69) is 27.1 Å². The quantitative estimate of drug-likeness (QED) is 0.894. The average molecular weight is 354 g/mol. The lowest BCUT2D eigenvalue weighted by molar-refractivity contribution is 0.0945. The number of piperidine rings is 1. The number of amides is 1. The summed E-state index contributed by atoms with van der Waals surface area (Å²) in [7, 11) is 1.63. The maximum Gasteiger partial charge on any atom is 0.270 e. The minimum absolute atomic E-state index is 0.201. The fourth-order valence-electron chi connectivity index (χ4n) is 3.13. The summed E-state index contributed by atoms with van der Waals surface area (Å²) in [5, 5.41) is 2.93. The number of nitrogens with one attached hydrogen (secondary N) is 1. The van der Waals surface area contributed by atoms with Gasteiger partial charge in [-0.1, -0.05) is 25.1 Å². The summed E-state index contributed by atoms with van der Waals surface area (Å²) in [6.45, 7) is 6.43. The number of anilines is 1. The number of carbonyl (C=O) groups is 1. The third kappa shape index (κ3) is 4.31. The normalized spacial score (nSPS) is 15.0. The second-order valence-electron chi connectivity index (χ2n) is 6.86. The molecular formula is C20H26N4O2. The van der Waals surface area contributed by atoms with E-state index >= 15 is 0 Å². The van der Waals surface area contributed by atoms with E-state index in [-0.39, 0.29) is 5.91 Å². The number of aromatic nitrogens is 2. The summed E-state index contributed by atoms with van der Waals surface area (Å²) in [5.74, 6) is 1.95. The van der Waals surface area contributed by atoms with Gasteiger partial charge in [0, 0.05) is 30.9 Å². The smallest absolute Gasteiger partial charge is 0.270 e. The number of hydrogen-bond donors (Lipinski definition) is 1. The van der Waals surface area contributed by atoms with Crippen molar-refractivity contribution >= 4 is 11.9 Å². The van der Waals surface area contributed by atoms with Crippen molar-refractivity contribution in [2.45, 2.75) is 33.2 Å². The molecule has 2 heterocycles. The van der Waals surface area contributed by atoms with E-state index in [0.717, 1.165) is 48.9 Å². The number of ether oxygens (including phenoxy) is 1. The molecule has 1 N–H and O–H groups in total. The van der Waals surface area contributed by atoms with Crippen molar-refractivity contribution in [1.82, 2.24) is 15.3 Å². The molecular weight excluding hydrogens is 328 g/mol. The zero-order valence-electron chi connectivity index (χ0n) is 15.7. The molecule has 0 unspecified atom stereocenters. The molecule has 1 fully saturated rings. The zero-order valence-corrected chi connectivity index (χ0v) is 15.7. The molecule has 2 aromatic rings. The lowest BCUT2D eigenvalue weighted by Gasteiger charge is -2.30. The Morgan fingerprint density at radius 1 is 1.27 bits per heavy atom. The Morgan fingerprint density at radius 3 is 2.73 bits per heavy atom. The third-order valence-electron chi connectivity index (χ3n) is 4.77. The van der Waals surface area contributed by atoms with Gasteiger partial charge in [0.15, 0.2) is 0 Å². The van der Waals surface area contributed by atoms with Gasteiger partial charge in [-0.15, -0.1) is 0 Å². The second-order valence-corrected chi connectivity index (χ2v) is 6.86. The van der Waals surface area contributed by atoms with Gasteiger partial charge in [-0.05, 0) is 37.8 Å². The molecule has 0 atom stereocenters. The zero-order chi connectivity index (χ0) is 18.5. The van der Waals surface area contributed by atoms with Gasteiger partial charge in [0.2, 0.25) is 5.95 Å². The fourth-order valence-corrected chi connectivity index (χ4v) is 3.13. The van der Waals surface area contributed by atoms with E-state index in [1.165, 1.54) is 0 Å². The van der Waals surface area contributed by atoms with Crippen molar-refractivity contribution in [3.05, 3.63) is 47.3 Å². The first-order chi connectivity index (χ1) is 12.6. The highest BCUT2D eigenvalue weighted by Crippen LogP contribution is 2.21. The van der Waals surface area contributed by atoms with Crippen LogP contribution in [-0.2, 0) is 6.54 Å². The number of nitrogens with zero attached hydrogens (tertiary/aromatic N) is 3. The van der Waals surface area contributed by atoms with Gasteiger partial charge in [-0.3, -0.25) is 4.79 Å². The van der Waals surface area contributed by atoms with Crippen LogP contribution in [0.4, 0.5) is 5.95 Å². The molecule has 1 aliphatic rings. The molecule has 1 saturated heterocycles. The van der Waals surface area contributed by atoms with Crippen LogP contribution in [0.25, 0.3) is 0 Å². The molecule has 1 aromatic heterocycles. The summed E-state index contributed by atoms with van der Waals surface area (Å²) in [6, 6.07) is 9.38. The molecule has 6 nitrogen and oxygen atoms in total. The van der Waals surface area contributed by atoms with Gasteiger partial charge in [-0.2, -0.15) is 0 Å².